The minimum Gasteiger partial charge on any atom is -0.480 e. The Labute approximate surface area is 99.1 Å². The molecule has 1 rings (SSSR count). The molecule has 1 fully saturated rings. The van der Waals surface area contributed by atoms with E-state index in [2.05, 4.69) is 10.6 Å². The fourth-order valence-electron chi connectivity index (χ4n) is 1.60. The molecule has 0 saturated carbocycles. The van der Waals surface area contributed by atoms with Crippen LogP contribution in [0.25, 0.3) is 0 Å². The van der Waals surface area contributed by atoms with Crippen molar-refractivity contribution in [3.8, 4) is 0 Å². The Kier molecular flexibility index (Phi) is 5.71. The number of amides is 2. The number of aliphatic hydroxyl groups is 1. The van der Waals surface area contributed by atoms with Gasteiger partial charge in [0.25, 0.3) is 0 Å². The zero-order valence-electron chi connectivity index (χ0n) is 9.52. The lowest BCUT2D eigenvalue weighted by Crippen LogP contribution is -2.48. The van der Waals surface area contributed by atoms with Crippen LogP contribution < -0.4 is 10.6 Å². The molecule has 2 atom stereocenters. The smallest absolute Gasteiger partial charge is 0.328 e. The summed E-state index contributed by atoms with van der Waals surface area (Å²) in [6.07, 6.45) is 1.81. The Morgan fingerprint density at radius 1 is 1.47 bits per heavy atom. The summed E-state index contributed by atoms with van der Waals surface area (Å²) in [5.74, 6) is -0.796. The molecule has 1 saturated heterocycles. The monoisotopic (exact) mass is 246 g/mol. The van der Waals surface area contributed by atoms with Crippen LogP contribution in [-0.2, 0) is 9.53 Å². The van der Waals surface area contributed by atoms with E-state index in [0.717, 1.165) is 26.1 Å². The fourth-order valence-corrected chi connectivity index (χ4v) is 1.60. The van der Waals surface area contributed by atoms with Crippen LogP contribution >= 0.6 is 0 Å². The van der Waals surface area contributed by atoms with Crippen molar-refractivity contribution in [2.24, 2.45) is 5.92 Å². The largest absolute Gasteiger partial charge is 0.480 e. The molecule has 17 heavy (non-hydrogen) atoms. The lowest BCUT2D eigenvalue weighted by Gasteiger charge is -2.13. The number of aliphatic carboxylic acids is 1. The van der Waals surface area contributed by atoms with Crippen molar-refractivity contribution >= 4 is 12.0 Å². The third-order valence-corrected chi connectivity index (χ3v) is 2.65. The number of hydrogen-bond donors (Lipinski definition) is 4. The Morgan fingerprint density at radius 2 is 2.24 bits per heavy atom. The highest BCUT2D eigenvalue weighted by Crippen LogP contribution is 2.14. The molecular weight excluding hydrogens is 228 g/mol. The average molecular weight is 246 g/mol. The number of carbonyl (C=O) groups is 2. The standard InChI is InChI=1S/C10H18N2O5/c13-5-8(9(14)15)12-10(16)11-3-1-7-2-4-17-6-7/h7-8,13H,1-6H2,(H,14,15)(H2,11,12,16). The zero-order chi connectivity index (χ0) is 12.7. The maximum atomic E-state index is 11.3. The first kappa shape index (κ1) is 13.7. The van der Waals surface area contributed by atoms with Gasteiger partial charge in [-0.25, -0.2) is 9.59 Å². The van der Waals surface area contributed by atoms with Crippen LogP contribution in [0.2, 0.25) is 0 Å². The van der Waals surface area contributed by atoms with E-state index in [1.54, 1.807) is 0 Å². The lowest BCUT2D eigenvalue weighted by molar-refractivity contribution is -0.140. The molecule has 98 valence electrons. The van der Waals surface area contributed by atoms with Crippen LogP contribution in [0.15, 0.2) is 0 Å². The number of urea groups is 1. The number of rotatable bonds is 6. The van der Waals surface area contributed by atoms with Crippen LogP contribution in [0, 0.1) is 5.92 Å². The summed E-state index contributed by atoms with van der Waals surface area (Å²) in [7, 11) is 0. The molecule has 0 radical (unpaired) electrons. The summed E-state index contributed by atoms with van der Waals surface area (Å²) in [6.45, 7) is 1.33. The van der Waals surface area contributed by atoms with Gasteiger partial charge in [-0.3, -0.25) is 0 Å². The fraction of sp³-hybridized carbons (Fsp3) is 0.800. The molecule has 0 aromatic rings. The van der Waals surface area contributed by atoms with E-state index in [-0.39, 0.29) is 0 Å². The molecule has 0 aliphatic carbocycles. The summed E-state index contributed by atoms with van der Waals surface area (Å²) in [6, 6.07) is -1.84. The van der Waals surface area contributed by atoms with Gasteiger partial charge in [0.05, 0.1) is 6.61 Å². The molecule has 2 unspecified atom stereocenters. The second-order valence-corrected chi connectivity index (χ2v) is 3.99. The Balaban J connectivity index is 2.13. The van der Waals surface area contributed by atoms with Crippen LogP contribution in [0.5, 0.6) is 0 Å². The third kappa shape index (κ3) is 5.01. The van der Waals surface area contributed by atoms with E-state index < -0.39 is 24.6 Å². The van der Waals surface area contributed by atoms with Crippen molar-refractivity contribution in [1.82, 2.24) is 10.6 Å². The van der Waals surface area contributed by atoms with E-state index in [0.29, 0.717) is 12.5 Å². The predicted molar refractivity (Wildman–Crippen MR) is 58.6 cm³/mol. The van der Waals surface area contributed by atoms with Crippen molar-refractivity contribution in [1.29, 1.82) is 0 Å². The third-order valence-electron chi connectivity index (χ3n) is 2.65. The van der Waals surface area contributed by atoms with E-state index in [4.69, 9.17) is 14.9 Å². The van der Waals surface area contributed by atoms with E-state index in [9.17, 15) is 9.59 Å². The van der Waals surface area contributed by atoms with Gasteiger partial charge in [0.15, 0.2) is 6.04 Å². The first-order chi connectivity index (χ1) is 8.13. The van der Waals surface area contributed by atoms with Crippen molar-refractivity contribution in [2.75, 3.05) is 26.4 Å². The second-order valence-electron chi connectivity index (χ2n) is 3.99. The zero-order valence-corrected chi connectivity index (χ0v) is 9.52. The van der Waals surface area contributed by atoms with E-state index in [1.807, 2.05) is 0 Å². The van der Waals surface area contributed by atoms with Crippen LogP contribution in [0.1, 0.15) is 12.8 Å². The molecule has 2 amide bonds. The van der Waals surface area contributed by atoms with Gasteiger partial charge in [-0.2, -0.15) is 0 Å². The molecule has 0 aromatic heterocycles. The SMILES string of the molecule is O=C(NCCC1CCOC1)NC(CO)C(=O)O. The van der Waals surface area contributed by atoms with Gasteiger partial charge < -0.3 is 25.6 Å². The molecule has 4 N–H and O–H groups in total. The quantitative estimate of drug-likeness (QED) is 0.488. The molecule has 0 bridgehead atoms. The number of carboxylic acids is 1. The van der Waals surface area contributed by atoms with Gasteiger partial charge in [-0.1, -0.05) is 0 Å². The highest BCUT2D eigenvalue weighted by molar-refractivity contribution is 5.82. The summed E-state index contributed by atoms with van der Waals surface area (Å²) >= 11 is 0. The number of carbonyl (C=O) groups excluding carboxylic acids is 1. The molecule has 7 nitrogen and oxygen atoms in total. The maximum absolute atomic E-state index is 11.3. The van der Waals surface area contributed by atoms with E-state index in [1.165, 1.54) is 0 Å². The Morgan fingerprint density at radius 3 is 2.76 bits per heavy atom. The first-order valence-electron chi connectivity index (χ1n) is 5.59. The number of ether oxygens (including phenoxy) is 1. The first-order valence-corrected chi connectivity index (χ1v) is 5.59. The van der Waals surface area contributed by atoms with Crippen LogP contribution in [-0.4, -0.2) is 54.6 Å². The highest BCUT2D eigenvalue weighted by Gasteiger charge is 2.19. The highest BCUT2D eigenvalue weighted by atomic mass is 16.5. The van der Waals surface area contributed by atoms with Crippen molar-refractivity contribution in [3.05, 3.63) is 0 Å². The molecule has 1 aliphatic rings. The van der Waals surface area contributed by atoms with Gasteiger partial charge >= 0.3 is 12.0 Å². The molecule has 7 heteroatoms. The summed E-state index contributed by atoms with van der Waals surface area (Å²) in [5.41, 5.74) is 0. The topological polar surface area (TPSA) is 108 Å². The summed E-state index contributed by atoms with van der Waals surface area (Å²) < 4.78 is 5.19. The minimum absolute atomic E-state index is 0.461. The number of hydrogen-bond acceptors (Lipinski definition) is 4. The molecule has 1 heterocycles. The second kappa shape index (κ2) is 7.08. The molecular formula is C10H18N2O5. The molecule has 0 aromatic carbocycles. The van der Waals surface area contributed by atoms with Crippen molar-refractivity contribution in [2.45, 2.75) is 18.9 Å². The molecule has 0 spiro atoms. The number of nitrogens with one attached hydrogen (secondary N) is 2. The van der Waals surface area contributed by atoms with E-state index >= 15 is 0 Å². The van der Waals surface area contributed by atoms with Crippen LogP contribution in [0.4, 0.5) is 4.79 Å². The number of carboxylic acid groups (broad SMARTS) is 1. The lowest BCUT2D eigenvalue weighted by atomic mass is 10.1. The van der Waals surface area contributed by atoms with Gasteiger partial charge in [0.1, 0.15) is 0 Å². The number of aliphatic hydroxyl groups excluding tert-OH is 1. The van der Waals surface area contributed by atoms with Gasteiger partial charge in [0.2, 0.25) is 0 Å². The Hall–Kier alpha value is -1.34. The minimum atomic E-state index is -1.26. The predicted octanol–water partition coefficient (Wildman–Crippen LogP) is -0.842. The normalized spacial score (nSPS) is 20.9. The van der Waals surface area contributed by atoms with Crippen molar-refractivity contribution in [3.63, 3.8) is 0 Å². The Bertz CT molecular complexity index is 265. The van der Waals surface area contributed by atoms with Gasteiger partial charge in [-0.05, 0) is 18.8 Å². The van der Waals surface area contributed by atoms with Crippen LogP contribution in [0.3, 0.4) is 0 Å². The average Bonchev–Trinajstić information content (AvgIpc) is 2.78. The van der Waals surface area contributed by atoms with Gasteiger partial charge in [0, 0.05) is 19.8 Å². The maximum Gasteiger partial charge on any atom is 0.328 e. The van der Waals surface area contributed by atoms with Gasteiger partial charge in [-0.15, -0.1) is 0 Å². The van der Waals surface area contributed by atoms with Crippen molar-refractivity contribution < 1.29 is 24.5 Å². The summed E-state index contributed by atoms with van der Waals surface area (Å²) in [5, 5.41) is 22.0. The molecule has 1 aliphatic heterocycles. The summed E-state index contributed by atoms with van der Waals surface area (Å²) in [4.78, 5) is 21.8.